The topological polar surface area (TPSA) is 67.9 Å². The van der Waals surface area contributed by atoms with Crippen molar-refractivity contribution in [2.24, 2.45) is 0 Å². The number of hydrogen-bond donors (Lipinski definition) is 2. The zero-order valence-electron chi connectivity index (χ0n) is 23.4. The van der Waals surface area contributed by atoms with Crippen LogP contribution < -0.4 is 15.5 Å². The van der Waals surface area contributed by atoms with E-state index in [1.807, 2.05) is 68.4 Å². The van der Waals surface area contributed by atoms with Crippen LogP contribution in [-0.2, 0) is 11.2 Å². The molecule has 7 nitrogen and oxygen atoms in total. The van der Waals surface area contributed by atoms with Crippen LogP contribution in [0, 0.1) is 0 Å². The summed E-state index contributed by atoms with van der Waals surface area (Å²) in [5, 5.41) is 6.18. The van der Waals surface area contributed by atoms with Crippen molar-refractivity contribution in [1.29, 1.82) is 0 Å². The summed E-state index contributed by atoms with van der Waals surface area (Å²) in [6.45, 7) is 4.64. The van der Waals surface area contributed by atoms with E-state index in [-0.39, 0.29) is 18.0 Å². The summed E-state index contributed by atoms with van der Waals surface area (Å²) in [7, 11) is 3.95. The van der Waals surface area contributed by atoms with Gasteiger partial charge in [0.2, 0.25) is 5.91 Å². The summed E-state index contributed by atoms with van der Waals surface area (Å²) in [6.07, 6.45) is 7.28. The van der Waals surface area contributed by atoms with Gasteiger partial charge in [0.15, 0.2) is 0 Å². The number of anilines is 2. The number of rotatable bonds is 11. The number of allylic oxidation sites excluding steroid dienone is 2. The number of urea groups is 1. The Hall–Kier alpha value is -3.26. The summed E-state index contributed by atoms with van der Waals surface area (Å²) < 4.78 is 0. The van der Waals surface area contributed by atoms with Crippen molar-refractivity contribution in [2.75, 3.05) is 50.5 Å². The van der Waals surface area contributed by atoms with E-state index in [9.17, 15) is 9.59 Å². The monoisotopic (exact) mass is 583 g/mol. The molecule has 1 aliphatic rings. The lowest BCUT2D eigenvalue weighted by atomic mass is 10.1. The molecule has 9 heteroatoms. The number of benzene rings is 2. The fraction of sp³-hybridized carbons (Fsp3) is 0.355. The molecule has 40 heavy (non-hydrogen) atoms. The van der Waals surface area contributed by atoms with Crippen molar-refractivity contribution in [1.82, 2.24) is 15.1 Å². The van der Waals surface area contributed by atoms with E-state index in [0.717, 1.165) is 29.8 Å². The Bertz CT molecular complexity index is 1190. The molecule has 1 aliphatic heterocycles. The summed E-state index contributed by atoms with van der Waals surface area (Å²) in [4.78, 5) is 31.1. The second-order valence-electron chi connectivity index (χ2n) is 9.96. The number of piperazine rings is 1. The number of hydrogen-bond acceptors (Lipinski definition) is 4. The molecule has 3 rings (SSSR count). The number of amides is 3. The van der Waals surface area contributed by atoms with Crippen molar-refractivity contribution in [3.63, 3.8) is 0 Å². The minimum Gasteiger partial charge on any atom is -0.368 e. The van der Waals surface area contributed by atoms with Gasteiger partial charge in [0.05, 0.1) is 5.03 Å². The van der Waals surface area contributed by atoms with E-state index in [1.54, 1.807) is 17.1 Å². The molecular weight excluding hydrogens is 545 g/mol. The maximum Gasteiger partial charge on any atom is 0.321 e. The van der Waals surface area contributed by atoms with Crippen molar-refractivity contribution in [2.45, 2.75) is 32.2 Å². The van der Waals surface area contributed by atoms with E-state index in [1.165, 1.54) is 17.3 Å². The Labute approximate surface area is 248 Å². The van der Waals surface area contributed by atoms with Gasteiger partial charge in [-0.1, -0.05) is 53.5 Å². The van der Waals surface area contributed by atoms with Gasteiger partial charge in [0, 0.05) is 61.8 Å². The number of carbonyl (C=O) groups excluding carboxylic acids is 2. The quantitative estimate of drug-likeness (QED) is 0.309. The van der Waals surface area contributed by atoms with Crippen molar-refractivity contribution < 1.29 is 9.59 Å². The van der Waals surface area contributed by atoms with Gasteiger partial charge in [-0.2, -0.15) is 0 Å². The molecule has 0 spiro atoms. The molecule has 0 radical (unpaired) electrons. The first-order valence-corrected chi connectivity index (χ1v) is 14.3. The molecule has 0 saturated carbocycles. The summed E-state index contributed by atoms with van der Waals surface area (Å²) >= 11 is 12.1. The number of aryl methyl sites for hydroxylation is 1. The van der Waals surface area contributed by atoms with Crippen LogP contribution >= 0.6 is 23.2 Å². The second kappa shape index (κ2) is 16.1. The van der Waals surface area contributed by atoms with Crippen LogP contribution in [0.2, 0.25) is 0 Å². The standard InChI is InChI=1S/C31H39Cl2N5O2/c1-24(36(2)3)26(16-17-32)22-27(33)23-34-31(40)38-20-18-37(19-21-38)29-14-12-28(13-15-29)35-30(39)11-7-10-25-8-5-4-6-9-25/h4-6,8-9,12-17,22-24H,7,10-11,18-21H2,1-3H3,(H,34,40)(H,35,39)/b17-16+,26-22+,27-23-. The van der Waals surface area contributed by atoms with E-state index < -0.39 is 0 Å². The van der Waals surface area contributed by atoms with Gasteiger partial charge >= 0.3 is 6.03 Å². The maximum atomic E-state index is 12.7. The molecule has 1 heterocycles. The fourth-order valence-electron chi connectivity index (χ4n) is 4.35. The normalized spacial score (nSPS) is 15.4. The largest absolute Gasteiger partial charge is 0.368 e. The highest BCUT2D eigenvalue weighted by molar-refractivity contribution is 6.31. The Balaban J connectivity index is 1.43. The second-order valence-corrected chi connectivity index (χ2v) is 10.7. The van der Waals surface area contributed by atoms with Crippen LogP contribution in [0.15, 0.2) is 89.1 Å². The summed E-state index contributed by atoms with van der Waals surface area (Å²) in [6, 6.07) is 18.0. The minimum absolute atomic E-state index is 0.0203. The SMILES string of the molecule is CC(C(/C=C/Cl)=C/C(Cl)=C/NC(=O)N1CCN(c2ccc(NC(=O)CCCc3ccccc3)cc2)CC1)N(C)C. The van der Waals surface area contributed by atoms with Crippen molar-refractivity contribution >= 4 is 46.5 Å². The highest BCUT2D eigenvalue weighted by Gasteiger charge is 2.21. The average molecular weight is 585 g/mol. The maximum absolute atomic E-state index is 12.7. The lowest BCUT2D eigenvalue weighted by Crippen LogP contribution is -2.51. The van der Waals surface area contributed by atoms with Crippen molar-refractivity contribution in [3.05, 3.63) is 94.7 Å². The van der Waals surface area contributed by atoms with Crippen LogP contribution in [-0.4, -0.2) is 68.1 Å². The van der Waals surface area contributed by atoms with Crippen LogP contribution in [0.1, 0.15) is 25.3 Å². The molecule has 2 aromatic rings. The summed E-state index contributed by atoms with van der Waals surface area (Å²) in [5.41, 5.74) is 5.47. The first-order valence-electron chi connectivity index (χ1n) is 13.5. The molecule has 2 N–H and O–H groups in total. The Morgan fingerprint density at radius 3 is 2.33 bits per heavy atom. The van der Waals surface area contributed by atoms with Crippen molar-refractivity contribution in [3.8, 4) is 0 Å². The molecule has 1 fully saturated rings. The van der Waals surface area contributed by atoms with Gasteiger partial charge in [-0.05, 0) is 81.4 Å². The number of nitrogens with zero attached hydrogens (tertiary/aromatic N) is 3. The molecular formula is C31H39Cl2N5O2. The lowest BCUT2D eigenvalue weighted by Gasteiger charge is -2.35. The highest BCUT2D eigenvalue weighted by Crippen LogP contribution is 2.20. The zero-order valence-corrected chi connectivity index (χ0v) is 25.0. The van der Waals surface area contributed by atoms with Crippen LogP contribution in [0.3, 0.4) is 0 Å². The predicted molar refractivity (Wildman–Crippen MR) is 167 cm³/mol. The molecule has 0 aliphatic carbocycles. The number of likely N-dealkylation sites (N-methyl/N-ethyl adjacent to an activating group) is 1. The first-order chi connectivity index (χ1) is 19.3. The molecule has 214 valence electrons. The molecule has 0 bridgehead atoms. The molecule has 3 amide bonds. The van der Waals surface area contributed by atoms with Gasteiger partial charge in [-0.25, -0.2) is 4.79 Å². The smallest absolute Gasteiger partial charge is 0.321 e. The van der Waals surface area contributed by atoms with E-state index in [0.29, 0.717) is 37.6 Å². The highest BCUT2D eigenvalue weighted by atomic mass is 35.5. The van der Waals surface area contributed by atoms with E-state index in [2.05, 4.69) is 27.7 Å². The third-order valence-electron chi connectivity index (χ3n) is 6.95. The zero-order chi connectivity index (χ0) is 28.9. The van der Waals surface area contributed by atoms with Crippen LogP contribution in [0.25, 0.3) is 0 Å². The lowest BCUT2D eigenvalue weighted by molar-refractivity contribution is -0.116. The number of halogens is 2. The van der Waals surface area contributed by atoms with Crippen LogP contribution in [0.4, 0.5) is 16.2 Å². The Morgan fingerprint density at radius 1 is 1.02 bits per heavy atom. The molecule has 1 saturated heterocycles. The summed E-state index contributed by atoms with van der Waals surface area (Å²) in [5.74, 6) is 0.0203. The molecule has 1 atom stereocenters. The van der Waals surface area contributed by atoms with Crippen LogP contribution in [0.5, 0.6) is 0 Å². The number of nitrogens with one attached hydrogen (secondary N) is 2. The van der Waals surface area contributed by atoms with Gasteiger partial charge in [0.1, 0.15) is 0 Å². The Kier molecular flexibility index (Phi) is 12.6. The third kappa shape index (κ3) is 10.0. The van der Waals surface area contributed by atoms with E-state index >= 15 is 0 Å². The average Bonchev–Trinajstić information content (AvgIpc) is 2.96. The molecule has 2 aromatic carbocycles. The van der Waals surface area contributed by atoms with Gasteiger partial charge in [-0.3, -0.25) is 4.79 Å². The van der Waals surface area contributed by atoms with E-state index in [4.69, 9.17) is 23.2 Å². The van der Waals surface area contributed by atoms with Gasteiger partial charge in [-0.15, -0.1) is 0 Å². The fourth-order valence-corrected chi connectivity index (χ4v) is 4.67. The predicted octanol–water partition coefficient (Wildman–Crippen LogP) is 6.19. The minimum atomic E-state index is -0.188. The Morgan fingerprint density at radius 2 is 1.70 bits per heavy atom. The van der Waals surface area contributed by atoms with Gasteiger partial charge in [0.25, 0.3) is 0 Å². The molecule has 0 aromatic heterocycles. The third-order valence-corrected chi connectivity index (χ3v) is 7.29. The van der Waals surface area contributed by atoms with Gasteiger partial charge < -0.3 is 25.3 Å². The molecule has 1 unspecified atom stereocenters. The number of carbonyl (C=O) groups is 2. The first kappa shape index (κ1) is 31.3.